The van der Waals surface area contributed by atoms with Gasteiger partial charge >= 0.3 is 0 Å². The number of anilines is 2. The van der Waals surface area contributed by atoms with Gasteiger partial charge in [-0.25, -0.2) is 4.98 Å². The van der Waals surface area contributed by atoms with Crippen LogP contribution in [0.25, 0.3) is 0 Å². The minimum atomic E-state index is 0.585. The summed E-state index contributed by atoms with van der Waals surface area (Å²) in [5, 5.41) is 10.1. The quantitative estimate of drug-likeness (QED) is 0.795. The zero-order valence-electron chi connectivity index (χ0n) is 10.5. The molecule has 0 aliphatic rings. The number of aromatic nitrogens is 4. The summed E-state index contributed by atoms with van der Waals surface area (Å²) in [6.07, 6.45) is 2.41. The molecule has 18 heavy (non-hydrogen) atoms. The van der Waals surface area contributed by atoms with Crippen molar-refractivity contribution in [3.63, 3.8) is 0 Å². The molecule has 0 bridgehead atoms. The molecule has 2 heterocycles. The lowest BCUT2D eigenvalue weighted by Crippen LogP contribution is -2.09. The Labute approximate surface area is 105 Å². The van der Waals surface area contributed by atoms with E-state index in [-0.39, 0.29) is 0 Å². The van der Waals surface area contributed by atoms with Crippen molar-refractivity contribution in [1.29, 1.82) is 0 Å². The van der Waals surface area contributed by atoms with E-state index in [2.05, 4.69) is 30.7 Å². The fourth-order valence-electron chi connectivity index (χ4n) is 1.45. The molecule has 0 amide bonds. The molecule has 2 rings (SSSR count). The first-order valence-electron chi connectivity index (χ1n) is 5.88. The number of nitrogens with zero attached hydrogens (tertiary/aromatic N) is 4. The van der Waals surface area contributed by atoms with E-state index in [9.17, 15) is 0 Å². The lowest BCUT2D eigenvalue weighted by atomic mass is 10.4. The molecule has 96 valence electrons. The second-order valence-electron chi connectivity index (χ2n) is 3.70. The second-order valence-corrected chi connectivity index (χ2v) is 3.70. The highest BCUT2D eigenvalue weighted by atomic mass is 16.5. The van der Waals surface area contributed by atoms with Crippen LogP contribution in [0.3, 0.4) is 0 Å². The highest BCUT2D eigenvalue weighted by molar-refractivity contribution is 5.39. The topological polar surface area (TPSA) is 88.8 Å². The van der Waals surface area contributed by atoms with Crippen LogP contribution in [0.5, 0.6) is 0 Å². The van der Waals surface area contributed by atoms with Gasteiger partial charge < -0.3 is 15.2 Å². The molecule has 2 aromatic heterocycles. The number of hydrogen-bond acceptors (Lipinski definition) is 7. The minimum Gasteiger partial charge on any atom is -0.369 e. The maximum Gasteiger partial charge on any atom is 0.224 e. The van der Waals surface area contributed by atoms with Gasteiger partial charge in [-0.05, 0) is 13.0 Å². The van der Waals surface area contributed by atoms with Crippen molar-refractivity contribution in [2.24, 2.45) is 0 Å². The van der Waals surface area contributed by atoms with Gasteiger partial charge in [-0.15, -0.1) is 0 Å². The van der Waals surface area contributed by atoms with E-state index >= 15 is 0 Å². The van der Waals surface area contributed by atoms with Gasteiger partial charge in [0, 0.05) is 32.6 Å². The van der Waals surface area contributed by atoms with Crippen LogP contribution in [0.4, 0.5) is 11.8 Å². The van der Waals surface area contributed by atoms with Gasteiger partial charge in [0.2, 0.25) is 11.8 Å². The van der Waals surface area contributed by atoms with Crippen LogP contribution in [0.1, 0.15) is 18.6 Å². The largest absolute Gasteiger partial charge is 0.369 e. The highest BCUT2D eigenvalue weighted by Crippen LogP contribution is 2.05. The molecule has 0 aromatic carbocycles. The van der Waals surface area contributed by atoms with Crippen LogP contribution in [0, 0.1) is 6.92 Å². The average molecular weight is 248 g/mol. The first kappa shape index (κ1) is 12.3. The summed E-state index contributed by atoms with van der Waals surface area (Å²) in [6.45, 7) is 5.27. The molecule has 0 fully saturated rings. The summed E-state index contributed by atoms with van der Waals surface area (Å²) in [4.78, 5) is 12.5. The van der Waals surface area contributed by atoms with E-state index < -0.39 is 0 Å². The van der Waals surface area contributed by atoms with Crippen LogP contribution in [0.15, 0.2) is 16.8 Å². The number of nitrogens with one attached hydrogen (secondary N) is 2. The Morgan fingerprint density at radius 3 is 2.89 bits per heavy atom. The molecule has 0 aliphatic heterocycles. The van der Waals surface area contributed by atoms with E-state index in [1.54, 1.807) is 13.1 Å². The second kappa shape index (κ2) is 5.95. The van der Waals surface area contributed by atoms with Crippen LogP contribution in [-0.2, 0) is 6.42 Å². The third kappa shape index (κ3) is 3.41. The smallest absolute Gasteiger partial charge is 0.224 e. The Balaban J connectivity index is 1.84. The molecule has 0 aliphatic carbocycles. The number of aryl methyl sites for hydroxylation is 1. The van der Waals surface area contributed by atoms with Crippen LogP contribution in [0.2, 0.25) is 0 Å². The van der Waals surface area contributed by atoms with Gasteiger partial charge in [0.15, 0.2) is 5.82 Å². The third-order valence-electron chi connectivity index (χ3n) is 2.21. The molecule has 0 unspecified atom stereocenters. The Morgan fingerprint density at radius 1 is 1.28 bits per heavy atom. The number of hydrogen-bond donors (Lipinski definition) is 2. The van der Waals surface area contributed by atoms with E-state index in [1.165, 1.54) is 0 Å². The molecular formula is C11H16N6O. The van der Waals surface area contributed by atoms with Crippen LogP contribution >= 0.6 is 0 Å². The SMILES string of the molecule is CCNc1nccc(NCCc2noc(C)n2)n1. The van der Waals surface area contributed by atoms with Crippen molar-refractivity contribution in [3.8, 4) is 0 Å². The predicted octanol–water partition coefficient (Wildman–Crippen LogP) is 1.25. The van der Waals surface area contributed by atoms with E-state index in [0.717, 1.165) is 12.4 Å². The first-order valence-corrected chi connectivity index (χ1v) is 5.88. The van der Waals surface area contributed by atoms with E-state index in [1.807, 2.05) is 13.0 Å². The van der Waals surface area contributed by atoms with E-state index in [4.69, 9.17) is 4.52 Å². The zero-order valence-corrected chi connectivity index (χ0v) is 10.5. The van der Waals surface area contributed by atoms with Gasteiger partial charge in [0.1, 0.15) is 5.82 Å². The Hall–Kier alpha value is -2.18. The lowest BCUT2D eigenvalue weighted by molar-refractivity contribution is 0.387. The van der Waals surface area contributed by atoms with Gasteiger partial charge in [0.05, 0.1) is 0 Å². The summed E-state index contributed by atoms with van der Waals surface area (Å²) in [5.74, 6) is 2.68. The van der Waals surface area contributed by atoms with Gasteiger partial charge in [-0.2, -0.15) is 9.97 Å². The Kier molecular flexibility index (Phi) is 4.06. The Morgan fingerprint density at radius 2 is 2.17 bits per heavy atom. The molecule has 7 nitrogen and oxygen atoms in total. The standard InChI is InChI=1S/C11H16N6O/c1-3-12-11-14-7-4-9(16-11)13-6-5-10-15-8(2)18-17-10/h4,7H,3,5-6H2,1-2H3,(H2,12,13,14,16). The molecule has 2 N–H and O–H groups in total. The highest BCUT2D eigenvalue weighted by Gasteiger charge is 2.02. The average Bonchev–Trinajstić information content (AvgIpc) is 2.76. The van der Waals surface area contributed by atoms with Crippen molar-refractivity contribution in [1.82, 2.24) is 20.1 Å². The van der Waals surface area contributed by atoms with Crippen molar-refractivity contribution in [2.75, 3.05) is 23.7 Å². The first-order chi connectivity index (χ1) is 8.78. The predicted molar refractivity (Wildman–Crippen MR) is 67.4 cm³/mol. The normalized spacial score (nSPS) is 10.3. The van der Waals surface area contributed by atoms with Gasteiger partial charge in [0.25, 0.3) is 0 Å². The molecule has 0 atom stereocenters. The molecule has 0 saturated carbocycles. The molecule has 0 saturated heterocycles. The van der Waals surface area contributed by atoms with Crippen molar-refractivity contribution in [2.45, 2.75) is 20.3 Å². The summed E-state index contributed by atoms with van der Waals surface area (Å²) in [5.41, 5.74) is 0. The van der Waals surface area contributed by atoms with Gasteiger partial charge in [-0.1, -0.05) is 5.16 Å². The zero-order chi connectivity index (χ0) is 12.8. The summed E-state index contributed by atoms with van der Waals surface area (Å²) in [7, 11) is 0. The van der Waals surface area contributed by atoms with E-state index in [0.29, 0.717) is 30.6 Å². The van der Waals surface area contributed by atoms with Crippen LogP contribution < -0.4 is 10.6 Å². The third-order valence-corrected chi connectivity index (χ3v) is 2.21. The summed E-state index contributed by atoms with van der Waals surface area (Å²) >= 11 is 0. The Bertz CT molecular complexity index is 498. The van der Waals surface area contributed by atoms with Crippen molar-refractivity contribution < 1.29 is 4.52 Å². The summed E-state index contributed by atoms with van der Waals surface area (Å²) in [6, 6.07) is 1.82. The fourth-order valence-corrected chi connectivity index (χ4v) is 1.45. The van der Waals surface area contributed by atoms with Crippen molar-refractivity contribution in [3.05, 3.63) is 24.0 Å². The molecule has 0 radical (unpaired) electrons. The van der Waals surface area contributed by atoms with Crippen molar-refractivity contribution >= 4 is 11.8 Å². The molecular weight excluding hydrogens is 232 g/mol. The summed E-state index contributed by atoms with van der Waals surface area (Å²) < 4.78 is 4.89. The maximum absolute atomic E-state index is 4.89. The molecule has 2 aromatic rings. The lowest BCUT2D eigenvalue weighted by Gasteiger charge is -2.05. The molecule has 0 spiro atoms. The number of rotatable bonds is 6. The minimum absolute atomic E-state index is 0.585. The monoisotopic (exact) mass is 248 g/mol. The maximum atomic E-state index is 4.89. The van der Waals surface area contributed by atoms with Gasteiger partial charge in [-0.3, -0.25) is 0 Å². The van der Waals surface area contributed by atoms with Crippen LogP contribution in [-0.4, -0.2) is 33.2 Å². The fraction of sp³-hybridized carbons (Fsp3) is 0.455. The molecule has 7 heteroatoms.